The van der Waals surface area contributed by atoms with Crippen molar-refractivity contribution in [3.63, 3.8) is 0 Å². The molecule has 0 amide bonds. The van der Waals surface area contributed by atoms with Crippen LogP contribution < -0.4 is 5.32 Å². The normalized spacial score (nSPS) is 9.50. The molecule has 0 atom stereocenters. The minimum atomic E-state index is -0.499. The van der Waals surface area contributed by atoms with Crippen LogP contribution in [0.2, 0.25) is 5.15 Å². The van der Waals surface area contributed by atoms with Gasteiger partial charge in [0.15, 0.2) is 11.0 Å². The molecule has 0 aliphatic carbocycles. The molecule has 1 N–H and O–H groups in total. The minimum Gasteiger partial charge on any atom is -0.373 e. The van der Waals surface area contributed by atoms with E-state index in [-0.39, 0.29) is 5.15 Å². The van der Waals surface area contributed by atoms with E-state index in [2.05, 4.69) is 10.3 Å². The van der Waals surface area contributed by atoms with Crippen molar-refractivity contribution in [3.05, 3.63) is 23.1 Å². The first-order valence-corrected chi connectivity index (χ1v) is 3.11. The van der Waals surface area contributed by atoms with Gasteiger partial charge in [0.1, 0.15) is 5.82 Å². The lowest BCUT2D eigenvalue weighted by atomic mass is 10.4. The zero-order valence-corrected chi connectivity index (χ0v) is 6.11. The summed E-state index contributed by atoms with van der Waals surface area (Å²) in [6.45, 7) is 0. The van der Waals surface area contributed by atoms with Crippen LogP contribution in [0.1, 0.15) is 0 Å². The molecule has 2 nitrogen and oxygen atoms in total. The van der Waals surface area contributed by atoms with Crippen LogP contribution in [0.4, 0.5) is 10.2 Å². The number of rotatable bonds is 1. The molecule has 0 aliphatic heterocycles. The molecule has 0 bridgehead atoms. The molecule has 10 heavy (non-hydrogen) atoms. The average Bonchev–Trinajstić information content (AvgIpc) is 1.95. The molecule has 0 spiro atoms. The second-order valence-electron chi connectivity index (χ2n) is 1.72. The lowest BCUT2D eigenvalue weighted by Gasteiger charge is -1.97. The molecule has 54 valence electrons. The molecule has 1 rings (SSSR count). The Morgan fingerprint density at radius 1 is 1.60 bits per heavy atom. The van der Waals surface area contributed by atoms with Gasteiger partial charge in [0.2, 0.25) is 0 Å². The molecule has 0 radical (unpaired) electrons. The fourth-order valence-corrected chi connectivity index (χ4v) is 0.711. The fraction of sp³-hybridized carbons (Fsp3) is 0.167. The van der Waals surface area contributed by atoms with E-state index in [1.54, 1.807) is 7.05 Å². The number of hydrogen-bond acceptors (Lipinski definition) is 2. The molecule has 0 unspecified atom stereocenters. The predicted octanol–water partition coefficient (Wildman–Crippen LogP) is 1.92. The standard InChI is InChI=1S/C6H6ClFN2/c1-9-5-3-2-4(8)6(7)10-5/h2-3H,1H3,(H,9,10). The number of anilines is 1. The lowest BCUT2D eigenvalue weighted by molar-refractivity contribution is 0.622. The van der Waals surface area contributed by atoms with Crippen LogP contribution in [-0.4, -0.2) is 12.0 Å². The van der Waals surface area contributed by atoms with Gasteiger partial charge < -0.3 is 5.32 Å². The van der Waals surface area contributed by atoms with Crippen molar-refractivity contribution in [2.45, 2.75) is 0 Å². The minimum absolute atomic E-state index is 0.105. The van der Waals surface area contributed by atoms with Crippen molar-refractivity contribution in [3.8, 4) is 0 Å². The quantitative estimate of drug-likeness (QED) is 0.635. The Morgan fingerprint density at radius 2 is 2.30 bits per heavy atom. The van der Waals surface area contributed by atoms with E-state index in [0.717, 1.165) is 0 Å². The highest BCUT2D eigenvalue weighted by Crippen LogP contribution is 2.13. The van der Waals surface area contributed by atoms with E-state index < -0.39 is 5.82 Å². The number of halogens is 2. The summed E-state index contributed by atoms with van der Waals surface area (Å²) in [5.74, 6) is 0.0621. The van der Waals surface area contributed by atoms with Gasteiger partial charge in [0, 0.05) is 7.05 Å². The van der Waals surface area contributed by atoms with E-state index >= 15 is 0 Å². The summed E-state index contributed by atoms with van der Waals surface area (Å²) in [4.78, 5) is 3.67. The first-order chi connectivity index (χ1) is 4.74. The molecule has 4 heteroatoms. The number of aromatic nitrogens is 1. The maximum atomic E-state index is 12.4. The third-order valence-electron chi connectivity index (χ3n) is 1.06. The summed E-state index contributed by atoms with van der Waals surface area (Å²) < 4.78 is 12.4. The molecule has 1 heterocycles. The van der Waals surface area contributed by atoms with Gasteiger partial charge in [-0.05, 0) is 12.1 Å². The van der Waals surface area contributed by atoms with Crippen molar-refractivity contribution in [1.82, 2.24) is 4.98 Å². The summed E-state index contributed by atoms with van der Waals surface area (Å²) in [6.07, 6.45) is 0. The number of nitrogens with zero attached hydrogens (tertiary/aromatic N) is 1. The van der Waals surface area contributed by atoms with E-state index in [0.29, 0.717) is 5.82 Å². The zero-order chi connectivity index (χ0) is 7.56. The number of pyridine rings is 1. The van der Waals surface area contributed by atoms with Gasteiger partial charge in [-0.3, -0.25) is 0 Å². The Labute approximate surface area is 63.0 Å². The molecular formula is C6H6ClFN2. The molecule has 1 aromatic rings. The summed E-state index contributed by atoms with van der Waals surface area (Å²) in [7, 11) is 1.69. The van der Waals surface area contributed by atoms with E-state index in [4.69, 9.17) is 11.6 Å². The largest absolute Gasteiger partial charge is 0.373 e. The van der Waals surface area contributed by atoms with Gasteiger partial charge in [-0.15, -0.1) is 0 Å². The van der Waals surface area contributed by atoms with Crippen LogP contribution in [0.5, 0.6) is 0 Å². The maximum Gasteiger partial charge on any atom is 0.167 e. The van der Waals surface area contributed by atoms with Crippen molar-refractivity contribution in [2.24, 2.45) is 0 Å². The van der Waals surface area contributed by atoms with Gasteiger partial charge in [0.05, 0.1) is 0 Å². The van der Waals surface area contributed by atoms with E-state index in [9.17, 15) is 4.39 Å². The Balaban J connectivity index is 3.04. The summed E-state index contributed by atoms with van der Waals surface area (Å²) in [6, 6.07) is 2.78. The maximum absolute atomic E-state index is 12.4. The van der Waals surface area contributed by atoms with Gasteiger partial charge >= 0.3 is 0 Å². The number of nitrogens with one attached hydrogen (secondary N) is 1. The molecule has 0 saturated carbocycles. The average molecular weight is 161 g/mol. The van der Waals surface area contributed by atoms with Crippen molar-refractivity contribution >= 4 is 17.4 Å². The monoisotopic (exact) mass is 160 g/mol. The third kappa shape index (κ3) is 1.36. The predicted molar refractivity (Wildman–Crippen MR) is 38.8 cm³/mol. The van der Waals surface area contributed by atoms with Crippen LogP contribution in [-0.2, 0) is 0 Å². The first-order valence-electron chi connectivity index (χ1n) is 2.74. The first kappa shape index (κ1) is 7.28. The number of hydrogen-bond donors (Lipinski definition) is 1. The van der Waals surface area contributed by atoms with Crippen LogP contribution in [0.15, 0.2) is 12.1 Å². The van der Waals surface area contributed by atoms with Crippen LogP contribution in [0.3, 0.4) is 0 Å². The molecule has 1 aromatic heterocycles. The Kier molecular flexibility index (Phi) is 2.06. The Bertz CT molecular complexity index is 239. The summed E-state index contributed by atoms with van der Waals surface area (Å²) in [5, 5.41) is 2.63. The van der Waals surface area contributed by atoms with Crippen LogP contribution in [0, 0.1) is 5.82 Å². The SMILES string of the molecule is CNc1ccc(F)c(Cl)n1. The van der Waals surface area contributed by atoms with Crippen molar-refractivity contribution in [1.29, 1.82) is 0 Å². The van der Waals surface area contributed by atoms with Gasteiger partial charge in [-0.2, -0.15) is 0 Å². The smallest absolute Gasteiger partial charge is 0.167 e. The summed E-state index contributed by atoms with van der Waals surface area (Å²) in [5.41, 5.74) is 0. The molecule has 0 aromatic carbocycles. The molecule has 0 fully saturated rings. The van der Waals surface area contributed by atoms with E-state index in [1.807, 2.05) is 0 Å². The van der Waals surface area contributed by atoms with Gasteiger partial charge in [-0.1, -0.05) is 11.6 Å². The van der Waals surface area contributed by atoms with Gasteiger partial charge in [-0.25, -0.2) is 9.37 Å². The van der Waals surface area contributed by atoms with E-state index in [1.165, 1.54) is 12.1 Å². The Morgan fingerprint density at radius 3 is 2.80 bits per heavy atom. The highest BCUT2D eigenvalue weighted by atomic mass is 35.5. The van der Waals surface area contributed by atoms with Gasteiger partial charge in [0.25, 0.3) is 0 Å². The zero-order valence-electron chi connectivity index (χ0n) is 5.36. The lowest BCUT2D eigenvalue weighted by Crippen LogP contribution is -1.92. The second-order valence-corrected chi connectivity index (χ2v) is 2.08. The third-order valence-corrected chi connectivity index (χ3v) is 1.32. The van der Waals surface area contributed by atoms with Crippen LogP contribution >= 0.6 is 11.6 Å². The highest BCUT2D eigenvalue weighted by molar-refractivity contribution is 6.29. The molecule has 0 aliphatic rings. The fourth-order valence-electron chi connectivity index (χ4n) is 0.557. The Hall–Kier alpha value is -0.830. The second kappa shape index (κ2) is 2.84. The van der Waals surface area contributed by atoms with Crippen molar-refractivity contribution in [2.75, 3.05) is 12.4 Å². The molecule has 0 saturated heterocycles. The van der Waals surface area contributed by atoms with Crippen LogP contribution in [0.25, 0.3) is 0 Å². The summed E-state index contributed by atoms with van der Waals surface area (Å²) >= 11 is 5.37. The topological polar surface area (TPSA) is 24.9 Å². The molecular weight excluding hydrogens is 155 g/mol. The highest BCUT2D eigenvalue weighted by Gasteiger charge is 1.99. The van der Waals surface area contributed by atoms with Crippen molar-refractivity contribution < 1.29 is 4.39 Å².